The molecular weight excluding hydrogens is 362 g/mol. The number of hydrogen-bond donors (Lipinski definition) is 2. The summed E-state index contributed by atoms with van der Waals surface area (Å²) in [5, 5.41) is 10.4. The van der Waals surface area contributed by atoms with E-state index < -0.39 is 30.7 Å². The Hall–Kier alpha value is -2.16. The quantitative estimate of drug-likeness (QED) is 0.667. The summed E-state index contributed by atoms with van der Waals surface area (Å²) in [7, 11) is 3.08. The van der Waals surface area contributed by atoms with Crippen molar-refractivity contribution in [2.45, 2.75) is 37.3 Å². The highest BCUT2D eigenvalue weighted by Crippen LogP contribution is 2.28. The highest BCUT2D eigenvalue weighted by atomic mass is 16.7. The second-order valence-corrected chi connectivity index (χ2v) is 6.61. The van der Waals surface area contributed by atoms with Gasteiger partial charge < -0.3 is 34.5 Å². The molecule has 2 aromatic carbocycles. The first kappa shape index (κ1) is 20.6. The standard InChI is InChI=1S/C21H27NO6/c1-24-18-17(13-26-16-10-8-15(22)9-11-16)28-21(23)20(25-2)19(18)27-12-14-6-4-3-5-7-14/h3-11,17-21,23H,12-13,22H2,1-2H3/t17-,18+,19+,20-,21+/m1/s1. The smallest absolute Gasteiger partial charge is 0.184 e. The molecule has 0 unspecified atom stereocenters. The van der Waals surface area contributed by atoms with Crippen molar-refractivity contribution in [1.29, 1.82) is 0 Å². The third-order valence-electron chi connectivity index (χ3n) is 4.73. The van der Waals surface area contributed by atoms with Crippen LogP contribution in [0.1, 0.15) is 5.56 Å². The number of anilines is 1. The van der Waals surface area contributed by atoms with Crippen molar-refractivity contribution < 1.29 is 28.8 Å². The molecule has 5 atom stereocenters. The summed E-state index contributed by atoms with van der Waals surface area (Å²) in [5.41, 5.74) is 7.37. The van der Waals surface area contributed by atoms with Crippen molar-refractivity contribution in [3.05, 3.63) is 60.2 Å². The molecule has 28 heavy (non-hydrogen) atoms. The molecule has 3 rings (SSSR count). The molecule has 1 aliphatic rings. The fourth-order valence-electron chi connectivity index (χ4n) is 3.26. The second kappa shape index (κ2) is 9.86. The number of nitrogens with two attached hydrogens (primary N) is 1. The van der Waals surface area contributed by atoms with Crippen LogP contribution in [0.2, 0.25) is 0 Å². The lowest BCUT2D eigenvalue weighted by atomic mass is 9.98. The predicted octanol–water partition coefficient (Wildman–Crippen LogP) is 1.98. The minimum atomic E-state index is -1.16. The van der Waals surface area contributed by atoms with Gasteiger partial charge in [0.15, 0.2) is 6.29 Å². The van der Waals surface area contributed by atoms with Crippen LogP contribution in [0.3, 0.4) is 0 Å². The van der Waals surface area contributed by atoms with Gasteiger partial charge in [-0.2, -0.15) is 0 Å². The van der Waals surface area contributed by atoms with Crippen molar-refractivity contribution in [2.75, 3.05) is 26.6 Å². The normalized spacial score (nSPS) is 27.5. The lowest BCUT2D eigenvalue weighted by molar-refractivity contribution is -0.303. The summed E-state index contributed by atoms with van der Waals surface area (Å²) in [5.74, 6) is 0.651. The third kappa shape index (κ3) is 5.01. The van der Waals surface area contributed by atoms with Crippen LogP contribution in [0.5, 0.6) is 5.75 Å². The number of aliphatic hydroxyl groups is 1. The zero-order valence-corrected chi connectivity index (χ0v) is 16.1. The molecule has 7 heteroatoms. The SMILES string of the molecule is CO[C@@H]1[C@@H](OCc2ccccc2)[C@@H](OC)[C@@H](COc2ccc(N)cc2)O[C@@H]1O. The lowest BCUT2D eigenvalue weighted by Gasteiger charge is -2.43. The van der Waals surface area contributed by atoms with E-state index >= 15 is 0 Å². The van der Waals surface area contributed by atoms with Gasteiger partial charge in [-0.3, -0.25) is 0 Å². The van der Waals surface area contributed by atoms with Crippen LogP contribution in [0.15, 0.2) is 54.6 Å². The monoisotopic (exact) mass is 389 g/mol. The Morgan fingerprint density at radius 1 is 0.929 bits per heavy atom. The van der Waals surface area contributed by atoms with E-state index in [0.717, 1.165) is 5.56 Å². The molecule has 152 valence electrons. The van der Waals surface area contributed by atoms with Crippen molar-refractivity contribution in [3.63, 3.8) is 0 Å². The van der Waals surface area contributed by atoms with E-state index in [2.05, 4.69) is 0 Å². The number of rotatable bonds is 8. The van der Waals surface area contributed by atoms with E-state index in [1.165, 1.54) is 7.11 Å². The molecule has 3 N–H and O–H groups in total. The summed E-state index contributed by atoms with van der Waals surface area (Å²) in [6.07, 6.45) is -3.38. The van der Waals surface area contributed by atoms with Crippen molar-refractivity contribution in [2.24, 2.45) is 0 Å². The molecule has 0 spiro atoms. The van der Waals surface area contributed by atoms with Crippen LogP contribution in [0, 0.1) is 0 Å². The first-order chi connectivity index (χ1) is 13.6. The van der Waals surface area contributed by atoms with Crippen molar-refractivity contribution in [3.8, 4) is 5.75 Å². The van der Waals surface area contributed by atoms with Gasteiger partial charge in [-0.15, -0.1) is 0 Å². The topological polar surface area (TPSA) is 92.4 Å². The van der Waals surface area contributed by atoms with Gasteiger partial charge in [0.25, 0.3) is 0 Å². The molecule has 0 aliphatic carbocycles. The Kier molecular flexibility index (Phi) is 7.24. The molecule has 0 saturated carbocycles. The maximum absolute atomic E-state index is 10.4. The maximum atomic E-state index is 10.4. The molecule has 2 aromatic rings. The Labute approximate surface area is 164 Å². The maximum Gasteiger partial charge on any atom is 0.184 e. The Bertz CT molecular complexity index is 711. The summed E-state index contributed by atoms with van der Waals surface area (Å²) >= 11 is 0. The van der Waals surface area contributed by atoms with Crippen LogP contribution in [0.4, 0.5) is 5.69 Å². The summed E-state index contributed by atoms with van der Waals surface area (Å²) in [6.45, 7) is 0.546. The van der Waals surface area contributed by atoms with Crippen LogP contribution >= 0.6 is 0 Å². The number of methoxy groups -OCH3 is 2. The molecule has 0 amide bonds. The molecule has 7 nitrogen and oxygen atoms in total. The zero-order valence-electron chi connectivity index (χ0n) is 16.1. The zero-order chi connectivity index (χ0) is 19.9. The highest BCUT2D eigenvalue weighted by Gasteiger charge is 2.47. The van der Waals surface area contributed by atoms with E-state index in [1.54, 1.807) is 31.4 Å². The number of ether oxygens (including phenoxy) is 5. The summed E-state index contributed by atoms with van der Waals surface area (Å²) in [6, 6.07) is 16.9. The first-order valence-electron chi connectivity index (χ1n) is 9.15. The van der Waals surface area contributed by atoms with E-state index in [0.29, 0.717) is 18.0 Å². The van der Waals surface area contributed by atoms with E-state index in [4.69, 9.17) is 29.4 Å². The van der Waals surface area contributed by atoms with Crippen LogP contribution in [-0.4, -0.2) is 56.6 Å². The molecular formula is C21H27NO6. The molecule has 0 bridgehead atoms. The third-order valence-corrected chi connectivity index (χ3v) is 4.73. The molecule has 1 aliphatic heterocycles. The fraction of sp³-hybridized carbons (Fsp3) is 0.429. The van der Waals surface area contributed by atoms with Crippen LogP contribution < -0.4 is 10.5 Å². The van der Waals surface area contributed by atoms with Gasteiger partial charge in [0.2, 0.25) is 0 Å². The van der Waals surface area contributed by atoms with Gasteiger partial charge in [0.1, 0.15) is 36.8 Å². The predicted molar refractivity (Wildman–Crippen MR) is 104 cm³/mol. The molecule has 0 radical (unpaired) electrons. The Morgan fingerprint density at radius 2 is 1.61 bits per heavy atom. The van der Waals surface area contributed by atoms with E-state index in [-0.39, 0.29) is 6.61 Å². The number of nitrogen functional groups attached to an aromatic ring is 1. The lowest BCUT2D eigenvalue weighted by Crippen LogP contribution is -2.61. The van der Waals surface area contributed by atoms with Gasteiger partial charge in [-0.05, 0) is 29.8 Å². The first-order valence-corrected chi connectivity index (χ1v) is 9.15. The Morgan fingerprint density at radius 3 is 2.25 bits per heavy atom. The van der Waals surface area contributed by atoms with E-state index in [1.807, 2.05) is 30.3 Å². The largest absolute Gasteiger partial charge is 0.491 e. The Balaban J connectivity index is 1.69. The number of aliphatic hydroxyl groups excluding tert-OH is 1. The summed E-state index contributed by atoms with van der Waals surface area (Å²) in [4.78, 5) is 0. The fourth-order valence-corrected chi connectivity index (χ4v) is 3.26. The molecule has 1 heterocycles. The van der Waals surface area contributed by atoms with Crippen LogP contribution in [0.25, 0.3) is 0 Å². The summed E-state index contributed by atoms with van der Waals surface area (Å²) < 4.78 is 28.6. The second-order valence-electron chi connectivity index (χ2n) is 6.61. The van der Waals surface area contributed by atoms with Crippen molar-refractivity contribution in [1.82, 2.24) is 0 Å². The molecule has 0 aromatic heterocycles. The molecule has 1 saturated heterocycles. The number of hydrogen-bond acceptors (Lipinski definition) is 7. The van der Waals surface area contributed by atoms with Gasteiger partial charge >= 0.3 is 0 Å². The molecule has 1 fully saturated rings. The van der Waals surface area contributed by atoms with Gasteiger partial charge in [-0.1, -0.05) is 30.3 Å². The van der Waals surface area contributed by atoms with Crippen LogP contribution in [-0.2, 0) is 25.6 Å². The van der Waals surface area contributed by atoms with E-state index in [9.17, 15) is 5.11 Å². The van der Waals surface area contributed by atoms with Crippen molar-refractivity contribution >= 4 is 5.69 Å². The van der Waals surface area contributed by atoms with Gasteiger partial charge in [0, 0.05) is 19.9 Å². The number of benzene rings is 2. The highest BCUT2D eigenvalue weighted by molar-refractivity contribution is 5.41. The average Bonchev–Trinajstić information content (AvgIpc) is 2.72. The average molecular weight is 389 g/mol. The van der Waals surface area contributed by atoms with Gasteiger partial charge in [-0.25, -0.2) is 0 Å². The van der Waals surface area contributed by atoms with Gasteiger partial charge in [0.05, 0.1) is 6.61 Å². The minimum Gasteiger partial charge on any atom is -0.491 e. The minimum absolute atomic E-state index is 0.182.